The molecule has 1 N–H and O–H groups in total. The predicted octanol–water partition coefficient (Wildman–Crippen LogP) is 3.57. The molecule has 3 aromatic rings. The molecule has 1 aromatic carbocycles. The van der Waals surface area contributed by atoms with Crippen molar-refractivity contribution in [1.29, 1.82) is 0 Å². The number of hydrogen-bond donors (Lipinski definition) is 1. The number of methoxy groups -OCH3 is 1. The zero-order valence-corrected chi connectivity index (χ0v) is 19.1. The van der Waals surface area contributed by atoms with Gasteiger partial charge >= 0.3 is 0 Å². The summed E-state index contributed by atoms with van der Waals surface area (Å²) in [5, 5.41) is 3.65. The summed E-state index contributed by atoms with van der Waals surface area (Å²) >= 11 is 2.67. The van der Waals surface area contributed by atoms with Crippen LogP contribution in [0.3, 0.4) is 0 Å². The monoisotopic (exact) mass is 461 g/mol. The molecule has 2 heterocycles. The molecule has 1 aliphatic rings. The number of rotatable bonds is 7. The van der Waals surface area contributed by atoms with Gasteiger partial charge in [-0.1, -0.05) is 30.8 Å². The number of thiophene rings is 1. The molecule has 1 aliphatic carbocycles. The van der Waals surface area contributed by atoms with E-state index >= 15 is 0 Å². The number of thioether (sulfide) groups is 1. The molecule has 9 heteroatoms. The Morgan fingerprint density at radius 1 is 1.42 bits per heavy atom. The topological polar surface area (TPSA) is 73.2 Å². The van der Waals surface area contributed by atoms with Gasteiger partial charge in [-0.05, 0) is 42.9 Å². The van der Waals surface area contributed by atoms with Crippen molar-refractivity contribution in [2.45, 2.75) is 31.3 Å². The highest BCUT2D eigenvalue weighted by atomic mass is 32.2. The fourth-order valence-corrected chi connectivity index (χ4v) is 6.05. The van der Waals surface area contributed by atoms with Crippen molar-refractivity contribution in [1.82, 2.24) is 14.9 Å². The summed E-state index contributed by atoms with van der Waals surface area (Å²) < 4.78 is 20.9. The van der Waals surface area contributed by atoms with Gasteiger partial charge in [0, 0.05) is 18.5 Å². The number of para-hydroxylation sites is 1. The lowest BCUT2D eigenvalue weighted by Gasteiger charge is -2.18. The van der Waals surface area contributed by atoms with Gasteiger partial charge in [0.25, 0.3) is 5.56 Å². The minimum absolute atomic E-state index is 0.0677. The quantitative estimate of drug-likeness (QED) is 0.331. The molecule has 0 radical (unpaired) electrons. The van der Waals surface area contributed by atoms with Crippen LogP contribution in [0.25, 0.3) is 15.9 Å². The number of benzene rings is 1. The number of nitrogens with zero attached hydrogens (tertiary/aromatic N) is 2. The number of halogens is 1. The van der Waals surface area contributed by atoms with Crippen molar-refractivity contribution in [3.8, 4) is 5.69 Å². The number of aryl methyl sites for hydroxylation is 1. The van der Waals surface area contributed by atoms with Crippen LogP contribution in [0.5, 0.6) is 0 Å². The lowest BCUT2D eigenvalue weighted by molar-refractivity contribution is -0.118. The number of aromatic nitrogens is 2. The molecule has 0 fully saturated rings. The van der Waals surface area contributed by atoms with Crippen molar-refractivity contribution < 1.29 is 13.9 Å². The van der Waals surface area contributed by atoms with Gasteiger partial charge < -0.3 is 10.1 Å². The third-order valence-electron chi connectivity index (χ3n) is 5.35. The average Bonchev–Trinajstić information content (AvgIpc) is 3.11. The zero-order chi connectivity index (χ0) is 22.0. The zero-order valence-electron chi connectivity index (χ0n) is 17.4. The van der Waals surface area contributed by atoms with Crippen LogP contribution in [0.15, 0.2) is 34.2 Å². The van der Waals surface area contributed by atoms with Crippen LogP contribution in [0.2, 0.25) is 0 Å². The Hall–Kier alpha value is -2.23. The molecule has 0 bridgehead atoms. The van der Waals surface area contributed by atoms with E-state index in [0.717, 1.165) is 36.6 Å². The highest BCUT2D eigenvalue weighted by Crippen LogP contribution is 2.37. The Balaban J connectivity index is 1.78. The Labute approximate surface area is 187 Å². The highest BCUT2D eigenvalue weighted by molar-refractivity contribution is 7.99. The second-order valence-corrected chi connectivity index (χ2v) is 9.68. The van der Waals surface area contributed by atoms with Crippen LogP contribution < -0.4 is 10.9 Å². The molecule has 1 atom stereocenters. The standard InChI is InChI=1S/C22H24FN3O3S2/c1-13-7-8-14-17(11-13)31-20-19(14)21(28)26(16-6-4-3-5-15(16)23)22(25-20)30-12-18(27)24-9-10-29-2/h3-6,13H,7-12H2,1-2H3,(H,24,27)/t13-/m0/s1. The molecular weight excluding hydrogens is 437 g/mol. The first-order valence-corrected chi connectivity index (χ1v) is 12.0. The minimum atomic E-state index is -0.505. The van der Waals surface area contributed by atoms with Gasteiger partial charge in [0.2, 0.25) is 5.91 Å². The Kier molecular flexibility index (Phi) is 6.74. The first-order chi connectivity index (χ1) is 15.0. The summed E-state index contributed by atoms with van der Waals surface area (Å²) in [5.74, 6) is -0.0669. The highest BCUT2D eigenvalue weighted by Gasteiger charge is 2.26. The largest absolute Gasteiger partial charge is 0.383 e. The maximum atomic E-state index is 14.7. The first kappa shape index (κ1) is 22.0. The van der Waals surface area contributed by atoms with Crippen LogP contribution in [-0.2, 0) is 22.4 Å². The molecule has 6 nitrogen and oxygen atoms in total. The SMILES string of the molecule is COCCNC(=O)CSc1nc2sc3c(c2c(=O)n1-c1ccccc1F)CC[C@H](C)C3. The van der Waals surface area contributed by atoms with Crippen LogP contribution in [0, 0.1) is 11.7 Å². The lowest BCUT2D eigenvalue weighted by Crippen LogP contribution is -2.29. The third-order valence-corrected chi connectivity index (χ3v) is 7.44. The summed E-state index contributed by atoms with van der Waals surface area (Å²) in [6, 6.07) is 6.15. The van der Waals surface area contributed by atoms with Crippen molar-refractivity contribution in [2.75, 3.05) is 26.0 Å². The van der Waals surface area contributed by atoms with Crippen LogP contribution >= 0.6 is 23.1 Å². The van der Waals surface area contributed by atoms with Crippen LogP contribution in [0.1, 0.15) is 23.8 Å². The van der Waals surface area contributed by atoms with E-state index in [-0.39, 0.29) is 22.9 Å². The summed E-state index contributed by atoms with van der Waals surface area (Å²) in [6.45, 7) is 3.03. The summed E-state index contributed by atoms with van der Waals surface area (Å²) in [6.07, 6.45) is 2.79. The van der Waals surface area contributed by atoms with E-state index in [1.54, 1.807) is 36.6 Å². The molecule has 0 unspecified atom stereocenters. The summed E-state index contributed by atoms with van der Waals surface area (Å²) in [5.41, 5.74) is 0.923. The van der Waals surface area contributed by atoms with Gasteiger partial charge in [-0.25, -0.2) is 9.37 Å². The second kappa shape index (κ2) is 9.50. The van der Waals surface area contributed by atoms with Crippen LogP contribution in [0.4, 0.5) is 4.39 Å². The van der Waals surface area contributed by atoms with Gasteiger partial charge in [0.1, 0.15) is 10.6 Å². The van der Waals surface area contributed by atoms with Crippen molar-refractivity contribution in [3.05, 3.63) is 50.9 Å². The summed E-state index contributed by atoms with van der Waals surface area (Å²) in [7, 11) is 1.56. The summed E-state index contributed by atoms with van der Waals surface area (Å²) in [4.78, 5) is 32.4. The van der Waals surface area contributed by atoms with Gasteiger partial charge in [0.05, 0.1) is 23.4 Å². The predicted molar refractivity (Wildman–Crippen MR) is 122 cm³/mol. The normalized spacial score (nSPS) is 15.8. The smallest absolute Gasteiger partial charge is 0.267 e. The maximum absolute atomic E-state index is 14.7. The molecule has 0 saturated carbocycles. The molecule has 0 aliphatic heterocycles. The number of hydrogen-bond acceptors (Lipinski definition) is 6. The van der Waals surface area contributed by atoms with Crippen molar-refractivity contribution in [3.63, 3.8) is 0 Å². The first-order valence-electron chi connectivity index (χ1n) is 10.2. The Morgan fingerprint density at radius 2 is 2.23 bits per heavy atom. The van der Waals surface area contributed by atoms with Gasteiger partial charge in [-0.2, -0.15) is 0 Å². The molecule has 164 valence electrons. The van der Waals surface area contributed by atoms with E-state index in [1.807, 2.05) is 0 Å². The minimum Gasteiger partial charge on any atom is -0.383 e. The van der Waals surface area contributed by atoms with Crippen molar-refractivity contribution in [2.24, 2.45) is 5.92 Å². The van der Waals surface area contributed by atoms with E-state index in [4.69, 9.17) is 9.72 Å². The lowest BCUT2D eigenvalue weighted by atomic mass is 9.89. The fourth-order valence-electron chi connectivity index (χ4n) is 3.79. The van der Waals surface area contributed by atoms with Gasteiger partial charge in [0.15, 0.2) is 5.16 Å². The molecule has 0 saturated heterocycles. The Bertz CT molecular complexity index is 1170. The molecule has 31 heavy (non-hydrogen) atoms. The van der Waals surface area contributed by atoms with E-state index in [0.29, 0.717) is 34.4 Å². The van der Waals surface area contributed by atoms with E-state index in [2.05, 4.69) is 12.2 Å². The third kappa shape index (κ3) is 4.53. The van der Waals surface area contributed by atoms with E-state index < -0.39 is 5.82 Å². The van der Waals surface area contributed by atoms with E-state index in [9.17, 15) is 14.0 Å². The van der Waals surface area contributed by atoms with E-state index in [1.165, 1.54) is 15.5 Å². The molecule has 4 rings (SSSR count). The number of carbonyl (C=O) groups excluding carboxylic acids is 1. The molecule has 1 amide bonds. The number of ether oxygens (including phenoxy) is 1. The Morgan fingerprint density at radius 3 is 3.00 bits per heavy atom. The molecule has 2 aromatic heterocycles. The molecule has 0 spiro atoms. The number of fused-ring (bicyclic) bond motifs is 3. The molecular formula is C22H24FN3O3S2. The van der Waals surface area contributed by atoms with Gasteiger partial charge in [-0.15, -0.1) is 11.3 Å². The second-order valence-electron chi connectivity index (χ2n) is 7.65. The number of carbonyl (C=O) groups is 1. The van der Waals surface area contributed by atoms with Gasteiger partial charge in [-0.3, -0.25) is 14.2 Å². The average molecular weight is 462 g/mol. The fraction of sp³-hybridized carbons (Fsp3) is 0.409. The maximum Gasteiger partial charge on any atom is 0.267 e. The van der Waals surface area contributed by atoms with Crippen molar-refractivity contribution >= 4 is 39.2 Å². The number of nitrogens with one attached hydrogen (secondary N) is 1. The van der Waals surface area contributed by atoms with Crippen LogP contribution in [-0.4, -0.2) is 41.5 Å². The number of amides is 1.